The van der Waals surface area contributed by atoms with Gasteiger partial charge in [-0.05, 0) is 41.8 Å². The Kier molecular flexibility index (Phi) is 7.19. The molecule has 0 heterocycles. The molecule has 0 fully saturated rings. The van der Waals surface area contributed by atoms with Crippen LogP contribution >= 0.6 is 11.8 Å². The second kappa shape index (κ2) is 10.0. The van der Waals surface area contributed by atoms with Crippen LogP contribution in [-0.2, 0) is 4.79 Å². The zero-order valence-corrected chi connectivity index (χ0v) is 17.7. The first-order chi connectivity index (χ1) is 14.1. The largest absolute Gasteiger partial charge is 0.493 e. The molecule has 0 unspecified atom stereocenters. The number of benzene rings is 3. The SMILES string of the molecule is COc1ccc(SCC(=O)N[C@H](c2ccccc2)c2ccccc2C)cc1OC. The quantitative estimate of drug-likeness (QED) is 0.533. The van der Waals surface area contributed by atoms with Crippen molar-refractivity contribution in [1.82, 2.24) is 5.32 Å². The standard InChI is InChI=1S/C24H25NO3S/c1-17-9-7-8-12-20(17)24(18-10-5-4-6-11-18)25-23(26)16-29-19-13-14-21(27-2)22(15-19)28-3/h4-15,24H,16H2,1-3H3,(H,25,26)/t24-/m1/s1. The van der Waals surface area contributed by atoms with E-state index in [-0.39, 0.29) is 11.9 Å². The van der Waals surface area contributed by atoms with E-state index in [1.165, 1.54) is 11.8 Å². The summed E-state index contributed by atoms with van der Waals surface area (Å²) in [5.74, 6) is 1.61. The second-order valence-electron chi connectivity index (χ2n) is 6.57. The van der Waals surface area contributed by atoms with Gasteiger partial charge in [-0.3, -0.25) is 4.79 Å². The smallest absolute Gasteiger partial charge is 0.231 e. The van der Waals surface area contributed by atoms with E-state index in [2.05, 4.69) is 24.4 Å². The molecule has 1 N–H and O–H groups in total. The molecular weight excluding hydrogens is 382 g/mol. The van der Waals surface area contributed by atoms with Crippen molar-refractivity contribution in [3.05, 3.63) is 89.5 Å². The maximum atomic E-state index is 12.8. The van der Waals surface area contributed by atoms with E-state index in [0.717, 1.165) is 21.6 Å². The summed E-state index contributed by atoms with van der Waals surface area (Å²) in [6.07, 6.45) is 0. The molecule has 0 saturated carbocycles. The molecule has 29 heavy (non-hydrogen) atoms. The zero-order valence-electron chi connectivity index (χ0n) is 16.8. The first-order valence-corrected chi connectivity index (χ1v) is 10.4. The highest BCUT2D eigenvalue weighted by Gasteiger charge is 2.18. The number of nitrogens with one attached hydrogen (secondary N) is 1. The fraction of sp³-hybridized carbons (Fsp3) is 0.208. The molecule has 0 spiro atoms. The van der Waals surface area contributed by atoms with Crippen LogP contribution in [0.1, 0.15) is 22.7 Å². The molecule has 150 valence electrons. The minimum Gasteiger partial charge on any atom is -0.493 e. The van der Waals surface area contributed by atoms with E-state index in [9.17, 15) is 4.79 Å². The topological polar surface area (TPSA) is 47.6 Å². The molecule has 3 rings (SSSR count). The van der Waals surface area contributed by atoms with Crippen molar-refractivity contribution >= 4 is 17.7 Å². The zero-order chi connectivity index (χ0) is 20.6. The predicted octanol–water partition coefficient (Wildman–Crippen LogP) is 5.01. The van der Waals surface area contributed by atoms with Gasteiger partial charge in [0.2, 0.25) is 5.91 Å². The summed E-state index contributed by atoms with van der Waals surface area (Å²) >= 11 is 1.47. The molecule has 0 bridgehead atoms. The molecule has 0 aliphatic heterocycles. The Morgan fingerprint density at radius 3 is 2.31 bits per heavy atom. The van der Waals surface area contributed by atoms with E-state index in [1.54, 1.807) is 14.2 Å². The molecule has 0 aliphatic carbocycles. The molecule has 0 saturated heterocycles. The Labute approximate surface area is 176 Å². The average molecular weight is 408 g/mol. The number of methoxy groups -OCH3 is 2. The number of amides is 1. The third kappa shape index (κ3) is 5.33. The fourth-order valence-electron chi connectivity index (χ4n) is 3.15. The van der Waals surface area contributed by atoms with Gasteiger partial charge >= 0.3 is 0 Å². The van der Waals surface area contributed by atoms with Crippen LogP contribution < -0.4 is 14.8 Å². The van der Waals surface area contributed by atoms with Crippen LogP contribution in [0.3, 0.4) is 0 Å². The molecule has 3 aromatic rings. The van der Waals surface area contributed by atoms with Gasteiger partial charge in [0.25, 0.3) is 0 Å². The number of rotatable bonds is 8. The molecular formula is C24H25NO3S. The van der Waals surface area contributed by atoms with Gasteiger partial charge in [-0.1, -0.05) is 54.6 Å². The van der Waals surface area contributed by atoms with Gasteiger partial charge in [0.1, 0.15) is 0 Å². The lowest BCUT2D eigenvalue weighted by Gasteiger charge is -2.21. The maximum absolute atomic E-state index is 12.8. The molecule has 0 aliphatic rings. The van der Waals surface area contributed by atoms with Gasteiger partial charge in [-0.15, -0.1) is 11.8 Å². The molecule has 1 amide bonds. The normalized spacial score (nSPS) is 11.6. The Balaban J connectivity index is 1.73. The number of hydrogen-bond acceptors (Lipinski definition) is 4. The first-order valence-electron chi connectivity index (χ1n) is 9.37. The molecule has 4 nitrogen and oxygen atoms in total. The van der Waals surface area contributed by atoms with Crippen molar-refractivity contribution in [1.29, 1.82) is 0 Å². The summed E-state index contributed by atoms with van der Waals surface area (Å²) in [5, 5.41) is 3.20. The Morgan fingerprint density at radius 2 is 1.62 bits per heavy atom. The number of carbonyl (C=O) groups excluding carboxylic acids is 1. The van der Waals surface area contributed by atoms with Gasteiger partial charge in [0.15, 0.2) is 11.5 Å². The van der Waals surface area contributed by atoms with Crippen LogP contribution in [0.4, 0.5) is 0 Å². The maximum Gasteiger partial charge on any atom is 0.231 e. The summed E-state index contributed by atoms with van der Waals surface area (Å²) < 4.78 is 10.6. The van der Waals surface area contributed by atoms with Gasteiger partial charge < -0.3 is 14.8 Å². The highest BCUT2D eigenvalue weighted by Crippen LogP contribution is 2.32. The van der Waals surface area contributed by atoms with Gasteiger partial charge in [-0.2, -0.15) is 0 Å². The van der Waals surface area contributed by atoms with E-state index in [4.69, 9.17) is 9.47 Å². The van der Waals surface area contributed by atoms with Crippen molar-refractivity contribution in [2.24, 2.45) is 0 Å². The van der Waals surface area contributed by atoms with Crippen molar-refractivity contribution in [2.75, 3.05) is 20.0 Å². The molecule has 0 aromatic heterocycles. The molecule has 0 radical (unpaired) electrons. The molecule has 1 atom stereocenters. The van der Waals surface area contributed by atoms with Gasteiger partial charge in [0.05, 0.1) is 26.0 Å². The van der Waals surface area contributed by atoms with Crippen LogP contribution in [0.15, 0.2) is 77.7 Å². The summed E-state index contributed by atoms with van der Waals surface area (Å²) in [6, 6.07) is 23.7. The van der Waals surface area contributed by atoms with E-state index >= 15 is 0 Å². The van der Waals surface area contributed by atoms with Crippen LogP contribution in [0.5, 0.6) is 11.5 Å². The first kappa shape index (κ1) is 20.8. The number of carbonyl (C=O) groups is 1. The number of hydrogen-bond donors (Lipinski definition) is 1. The second-order valence-corrected chi connectivity index (χ2v) is 7.62. The van der Waals surface area contributed by atoms with E-state index in [0.29, 0.717) is 17.3 Å². The summed E-state index contributed by atoms with van der Waals surface area (Å²) in [7, 11) is 3.21. The number of thioether (sulfide) groups is 1. The molecule has 5 heteroatoms. The Hall–Kier alpha value is -2.92. The van der Waals surface area contributed by atoms with Crippen molar-refractivity contribution in [3.8, 4) is 11.5 Å². The minimum atomic E-state index is -0.184. The fourth-order valence-corrected chi connectivity index (χ4v) is 3.89. The van der Waals surface area contributed by atoms with Crippen LogP contribution in [-0.4, -0.2) is 25.9 Å². The molecule has 3 aromatic carbocycles. The summed E-state index contributed by atoms with van der Waals surface area (Å²) in [5.41, 5.74) is 3.31. The van der Waals surface area contributed by atoms with Crippen molar-refractivity contribution in [3.63, 3.8) is 0 Å². The van der Waals surface area contributed by atoms with E-state index < -0.39 is 0 Å². The van der Waals surface area contributed by atoms with Crippen LogP contribution in [0.25, 0.3) is 0 Å². The number of ether oxygens (including phenoxy) is 2. The highest BCUT2D eigenvalue weighted by atomic mass is 32.2. The third-order valence-corrected chi connectivity index (χ3v) is 5.66. The highest BCUT2D eigenvalue weighted by molar-refractivity contribution is 8.00. The van der Waals surface area contributed by atoms with Crippen molar-refractivity contribution < 1.29 is 14.3 Å². The van der Waals surface area contributed by atoms with Crippen LogP contribution in [0.2, 0.25) is 0 Å². The Morgan fingerprint density at radius 1 is 0.931 bits per heavy atom. The lowest BCUT2D eigenvalue weighted by Crippen LogP contribution is -2.31. The lowest BCUT2D eigenvalue weighted by molar-refractivity contribution is -0.119. The van der Waals surface area contributed by atoms with Crippen molar-refractivity contribution in [2.45, 2.75) is 17.9 Å². The lowest BCUT2D eigenvalue weighted by atomic mass is 9.95. The minimum absolute atomic E-state index is 0.0260. The predicted molar refractivity (Wildman–Crippen MR) is 118 cm³/mol. The summed E-state index contributed by atoms with van der Waals surface area (Å²) in [4.78, 5) is 13.7. The number of aryl methyl sites for hydroxylation is 1. The van der Waals surface area contributed by atoms with E-state index in [1.807, 2.05) is 60.7 Å². The van der Waals surface area contributed by atoms with Crippen LogP contribution in [0, 0.1) is 6.92 Å². The Bertz CT molecular complexity index is 959. The average Bonchev–Trinajstić information content (AvgIpc) is 2.77. The van der Waals surface area contributed by atoms with Gasteiger partial charge in [-0.25, -0.2) is 0 Å². The summed E-state index contributed by atoms with van der Waals surface area (Å²) in [6.45, 7) is 2.07. The monoisotopic (exact) mass is 407 g/mol. The van der Waals surface area contributed by atoms with Gasteiger partial charge in [0, 0.05) is 4.90 Å². The third-order valence-electron chi connectivity index (χ3n) is 4.66.